The number of morpholine rings is 1. The molecule has 0 spiro atoms. The lowest BCUT2D eigenvalue weighted by atomic mass is 10.1. The lowest BCUT2D eigenvalue weighted by molar-refractivity contribution is -0.118. The molecule has 1 aliphatic heterocycles. The average Bonchev–Trinajstić information content (AvgIpc) is 3.28. The Morgan fingerprint density at radius 2 is 1.81 bits per heavy atom. The van der Waals surface area contributed by atoms with E-state index in [4.69, 9.17) is 4.74 Å². The van der Waals surface area contributed by atoms with Crippen LogP contribution < -0.4 is 5.32 Å². The first kappa shape index (κ1) is 22.4. The molecule has 168 valence electrons. The highest BCUT2D eigenvalue weighted by atomic mass is 32.2. The van der Waals surface area contributed by atoms with Crippen LogP contribution in [0.25, 0.3) is 5.69 Å². The van der Waals surface area contributed by atoms with Crippen molar-refractivity contribution >= 4 is 17.7 Å². The summed E-state index contributed by atoms with van der Waals surface area (Å²) in [4.78, 5) is 14.8. The molecule has 0 aliphatic carbocycles. The van der Waals surface area contributed by atoms with E-state index in [9.17, 15) is 4.79 Å². The van der Waals surface area contributed by atoms with Gasteiger partial charge in [-0.1, -0.05) is 42.1 Å². The summed E-state index contributed by atoms with van der Waals surface area (Å²) in [5.41, 5.74) is 5.62. The van der Waals surface area contributed by atoms with Crippen LogP contribution in [-0.4, -0.2) is 63.1 Å². The van der Waals surface area contributed by atoms with Gasteiger partial charge in [-0.15, -0.1) is 5.10 Å². The molecule has 4 rings (SSSR count). The largest absolute Gasteiger partial charge is 0.379 e. The molecule has 32 heavy (non-hydrogen) atoms. The van der Waals surface area contributed by atoms with Gasteiger partial charge >= 0.3 is 0 Å². The Morgan fingerprint density at radius 3 is 2.56 bits per heavy atom. The minimum Gasteiger partial charge on any atom is -0.379 e. The second-order valence-electron chi connectivity index (χ2n) is 7.91. The molecule has 1 aliphatic rings. The van der Waals surface area contributed by atoms with Crippen molar-refractivity contribution in [1.82, 2.24) is 30.4 Å². The number of thioether (sulfide) groups is 1. The van der Waals surface area contributed by atoms with Crippen molar-refractivity contribution in [3.63, 3.8) is 0 Å². The number of nitrogens with one attached hydrogen (secondary N) is 1. The molecule has 0 saturated carbocycles. The maximum Gasteiger partial charge on any atom is 0.230 e. The molecule has 0 unspecified atom stereocenters. The number of tetrazole rings is 1. The minimum absolute atomic E-state index is 0.0537. The van der Waals surface area contributed by atoms with Crippen molar-refractivity contribution < 1.29 is 9.53 Å². The van der Waals surface area contributed by atoms with Gasteiger partial charge in [0, 0.05) is 26.2 Å². The van der Waals surface area contributed by atoms with E-state index in [-0.39, 0.29) is 11.7 Å². The van der Waals surface area contributed by atoms with Crippen LogP contribution in [0.2, 0.25) is 0 Å². The molecular formula is C23H28N6O2S. The molecule has 8 nitrogen and oxygen atoms in total. The zero-order chi connectivity index (χ0) is 22.3. The van der Waals surface area contributed by atoms with Gasteiger partial charge in [0.1, 0.15) is 0 Å². The van der Waals surface area contributed by atoms with Crippen molar-refractivity contribution in [2.75, 3.05) is 32.1 Å². The maximum absolute atomic E-state index is 12.4. The second-order valence-corrected chi connectivity index (χ2v) is 8.85. The van der Waals surface area contributed by atoms with Crippen molar-refractivity contribution in [1.29, 1.82) is 0 Å². The van der Waals surface area contributed by atoms with Crippen LogP contribution in [0, 0.1) is 13.8 Å². The van der Waals surface area contributed by atoms with E-state index in [2.05, 4.69) is 63.9 Å². The summed E-state index contributed by atoms with van der Waals surface area (Å²) in [6, 6.07) is 14.5. The van der Waals surface area contributed by atoms with Crippen molar-refractivity contribution in [2.45, 2.75) is 32.1 Å². The molecule has 0 atom stereocenters. The minimum atomic E-state index is -0.0537. The fourth-order valence-electron chi connectivity index (χ4n) is 3.45. The molecule has 3 aromatic rings. The van der Waals surface area contributed by atoms with E-state index in [1.807, 2.05) is 18.2 Å². The van der Waals surface area contributed by atoms with Crippen LogP contribution in [0.3, 0.4) is 0 Å². The molecule has 1 saturated heterocycles. The predicted octanol–water partition coefficient (Wildman–Crippen LogP) is 2.52. The Morgan fingerprint density at radius 1 is 1.06 bits per heavy atom. The lowest BCUT2D eigenvalue weighted by Gasteiger charge is -2.26. The number of hydrogen-bond acceptors (Lipinski definition) is 7. The number of ether oxygens (including phenoxy) is 1. The highest BCUT2D eigenvalue weighted by Gasteiger charge is 2.13. The zero-order valence-corrected chi connectivity index (χ0v) is 19.3. The van der Waals surface area contributed by atoms with Crippen LogP contribution in [0.15, 0.2) is 47.6 Å². The molecule has 1 amide bonds. The SMILES string of the molecule is Cc1ccc(-n2nnnc2SCC(=O)NCc2ccc(CN3CCOCC3)cc2)cc1C. The number of aromatic nitrogens is 4. The summed E-state index contributed by atoms with van der Waals surface area (Å²) in [5, 5.41) is 15.5. The van der Waals surface area contributed by atoms with Crippen molar-refractivity contribution in [3.8, 4) is 5.69 Å². The monoisotopic (exact) mass is 452 g/mol. The number of carbonyl (C=O) groups excluding carboxylic acids is 1. The van der Waals surface area contributed by atoms with Crippen molar-refractivity contribution in [3.05, 3.63) is 64.7 Å². The quantitative estimate of drug-likeness (QED) is 0.526. The summed E-state index contributed by atoms with van der Waals surface area (Å²) in [6.07, 6.45) is 0. The summed E-state index contributed by atoms with van der Waals surface area (Å²) in [6.45, 7) is 9.11. The highest BCUT2D eigenvalue weighted by molar-refractivity contribution is 7.99. The number of amides is 1. The average molecular weight is 453 g/mol. The molecule has 1 aromatic heterocycles. The first-order chi connectivity index (χ1) is 15.6. The van der Waals surface area contributed by atoms with Crippen LogP contribution in [0.4, 0.5) is 0 Å². The first-order valence-electron chi connectivity index (χ1n) is 10.7. The van der Waals surface area contributed by atoms with Crippen LogP contribution in [0.5, 0.6) is 0 Å². The number of aryl methyl sites for hydroxylation is 2. The first-order valence-corrected chi connectivity index (χ1v) is 11.7. The molecular weight excluding hydrogens is 424 g/mol. The molecule has 0 bridgehead atoms. The van der Waals surface area contributed by atoms with Gasteiger partial charge in [0.15, 0.2) is 0 Å². The number of carbonyl (C=O) groups is 1. The predicted molar refractivity (Wildman–Crippen MR) is 124 cm³/mol. The van der Waals surface area contributed by atoms with E-state index in [1.54, 1.807) is 4.68 Å². The third-order valence-corrected chi connectivity index (χ3v) is 6.45. The smallest absolute Gasteiger partial charge is 0.230 e. The third-order valence-electron chi connectivity index (χ3n) is 5.53. The Bertz CT molecular complexity index is 1050. The second kappa shape index (κ2) is 10.7. The van der Waals surface area contributed by atoms with Gasteiger partial charge in [-0.05, 0) is 58.7 Å². The fourth-order valence-corrected chi connectivity index (χ4v) is 4.17. The van der Waals surface area contributed by atoms with Gasteiger partial charge in [-0.25, -0.2) is 0 Å². The van der Waals surface area contributed by atoms with Crippen LogP contribution >= 0.6 is 11.8 Å². The van der Waals surface area contributed by atoms with Gasteiger partial charge in [-0.2, -0.15) is 4.68 Å². The van der Waals surface area contributed by atoms with E-state index >= 15 is 0 Å². The van der Waals surface area contributed by atoms with E-state index in [1.165, 1.54) is 28.5 Å². The maximum atomic E-state index is 12.4. The molecule has 0 radical (unpaired) electrons. The van der Waals surface area contributed by atoms with Gasteiger partial charge in [0.05, 0.1) is 24.7 Å². The summed E-state index contributed by atoms with van der Waals surface area (Å²) in [5.74, 6) is 0.197. The summed E-state index contributed by atoms with van der Waals surface area (Å²) < 4.78 is 7.06. The van der Waals surface area contributed by atoms with Crippen LogP contribution in [0.1, 0.15) is 22.3 Å². The van der Waals surface area contributed by atoms with Crippen LogP contribution in [-0.2, 0) is 22.6 Å². The van der Waals surface area contributed by atoms with Crippen molar-refractivity contribution in [2.24, 2.45) is 0 Å². The summed E-state index contributed by atoms with van der Waals surface area (Å²) in [7, 11) is 0. The Labute approximate surface area is 192 Å². The lowest BCUT2D eigenvalue weighted by Crippen LogP contribution is -2.35. The van der Waals surface area contributed by atoms with E-state index < -0.39 is 0 Å². The normalized spacial score (nSPS) is 14.4. The molecule has 9 heteroatoms. The molecule has 1 N–H and O–H groups in total. The van der Waals surface area contributed by atoms with E-state index in [0.717, 1.165) is 44.1 Å². The standard InChI is InChI=1S/C23H28N6O2S/c1-17-3-8-21(13-18(17)2)29-23(25-26-27-29)32-16-22(30)24-14-19-4-6-20(7-5-19)15-28-9-11-31-12-10-28/h3-8,13H,9-12,14-16H2,1-2H3,(H,24,30). The Kier molecular flexibility index (Phi) is 7.51. The number of nitrogens with zero attached hydrogens (tertiary/aromatic N) is 5. The molecule has 2 aromatic carbocycles. The fraction of sp³-hybridized carbons (Fsp3) is 0.391. The van der Waals surface area contributed by atoms with E-state index in [0.29, 0.717) is 11.7 Å². The number of rotatable bonds is 8. The van der Waals surface area contributed by atoms with Gasteiger partial charge in [-0.3, -0.25) is 9.69 Å². The van der Waals surface area contributed by atoms with Gasteiger partial charge in [0.2, 0.25) is 11.1 Å². The molecule has 2 heterocycles. The number of benzene rings is 2. The Balaban J connectivity index is 1.25. The third kappa shape index (κ3) is 5.93. The highest BCUT2D eigenvalue weighted by Crippen LogP contribution is 2.20. The van der Waals surface area contributed by atoms with Gasteiger partial charge in [0.25, 0.3) is 0 Å². The number of hydrogen-bond donors (Lipinski definition) is 1. The van der Waals surface area contributed by atoms with Gasteiger partial charge < -0.3 is 10.1 Å². The summed E-state index contributed by atoms with van der Waals surface area (Å²) >= 11 is 1.32. The molecule has 1 fully saturated rings. The topological polar surface area (TPSA) is 85.2 Å². The zero-order valence-electron chi connectivity index (χ0n) is 18.5. The Hall–Kier alpha value is -2.75.